The van der Waals surface area contributed by atoms with Gasteiger partial charge in [0.1, 0.15) is 0 Å². The van der Waals surface area contributed by atoms with Crippen molar-refractivity contribution in [2.24, 2.45) is 11.3 Å². The molecule has 0 spiro atoms. The van der Waals surface area contributed by atoms with E-state index >= 15 is 0 Å². The molecule has 1 heterocycles. The molecule has 2 rings (SSSR count). The van der Waals surface area contributed by atoms with Crippen LogP contribution in [-0.2, 0) is 9.53 Å². The van der Waals surface area contributed by atoms with Crippen molar-refractivity contribution >= 4 is 5.91 Å². The van der Waals surface area contributed by atoms with Crippen molar-refractivity contribution in [2.45, 2.75) is 38.6 Å². The van der Waals surface area contributed by atoms with Crippen LogP contribution >= 0.6 is 0 Å². The van der Waals surface area contributed by atoms with E-state index in [1.807, 2.05) is 0 Å². The van der Waals surface area contributed by atoms with Gasteiger partial charge in [0.25, 0.3) is 0 Å². The van der Waals surface area contributed by atoms with Crippen molar-refractivity contribution in [3.63, 3.8) is 0 Å². The Bertz CT molecular complexity index is 263. The molecule has 1 amide bonds. The predicted octanol–water partition coefficient (Wildman–Crippen LogP) is 0.917. The topological polar surface area (TPSA) is 50.4 Å². The van der Waals surface area contributed by atoms with E-state index < -0.39 is 0 Å². The summed E-state index contributed by atoms with van der Waals surface area (Å²) in [7, 11) is 1.68. The lowest BCUT2D eigenvalue weighted by Crippen LogP contribution is -2.54. The zero-order valence-electron chi connectivity index (χ0n) is 10.9. The third kappa shape index (κ3) is 2.80. The van der Waals surface area contributed by atoms with Crippen molar-refractivity contribution in [3.8, 4) is 0 Å². The molecule has 1 aliphatic carbocycles. The van der Waals surface area contributed by atoms with Crippen LogP contribution in [0.5, 0.6) is 0 Å². The first-order valence-corrected chi connectivity index (χ1v) is 6.67. The molecule has 0 aromatic carbocycles. The Balaban J connectivity index is 1.92. The van der Waals surface area contributed by atoms with Crippen LogP contribution in [0, 0.1) is 11.3 Å². The fourth-order valence-corrected chi connectivity index (χ4v) is 2.98. The van der Waals surface area contributed by atoms with Crippen LogP contribution in [0.3, 0.4) is 0 Å². The average molecular weight is 240 g/mol. The summed E-state index contributed by atoms with van der Waals surface area (Å²) >= 11 is 0. The van der Waals surface area contributed by atoms with Crippen LogP contribution in [0.15, 0.2) is 0 Å². The number of hydrogen-bond donors (Lipinski definition) is 2. The van der Waals surface area contributed by atoms with Crippen molar-refractivity contribution < 1.29 is 9.53 Å². The second kappa shape index (κ2) is 5.36. The van der Waals surface area contributed by atoms with Crippen molar-refractivity contribution in [1.82, 2.24) is 10.6 Å². The molecule has 0 radical (unpaired) electrons. The van der Waals surface area contributed by atoms with Crippen molar-refractivity contribution in [1.29, 1.82) is 0 Å². The van der Waals surface area contributed by atoms with Gasteiger partial charge in [-0.05, 0) is 44.7 Å². The fourth-order valence-electron chi connectivity index (χ4n) is 2.98. The Morgan fingerprint density at radius 2 is 2.06 bits per heavy atom. The van der Waals surface area contributed by atoms with Crippen LogP contribution in [0.4, 0.5) is 0 Å². The average Bonchev–Trinajstić information content (AvgIpc) is 2.28. The summed E-state index contributed by atoms with van der Waals surface area (Å²) in [6, 6.07) is 0.404. The van der Waals surface area contributed by atoms with E-state index in [4.69, 9.17) is 4.74 Å². The molecule has 0 unspecified atom stereocenters. The van der Waals surface area contributed by atoms with Gasteiger partial charge in [-0.1, -0.05) is 6.92 Å². The summed E-state index contributed by atoms with van der Waals surface area (Å²) in [5.74, 6) is 0.976. The maximum Gasteiger partial charge on any atom is 0.228 e. The second-order valence-corrected chi connectivity index (χ2v) is 5.71. The molecule has 4 nitrogen and oxygen atoms in total. The van der Waals surface area contributed by atoms with Gasteiger partial charge in [0.2, 0.25) is 5.91 Å². The number of hydrogen-bond acceptors (Lipinski definition) is 3. The largest absolute Gasteiger partial charge is 0.384 e. The zero-order valence-corrected chi connectivity index (χ0v) is 10.9. The van der Waals surface area contributed by atoms with E-state index in [2.05, 4.69) is 17.6 Å². The van der Waals surface area contributed by atoms with Gasteiger partial charge in [-0.3, -0.25) is 4.79 Å². The number of amides is 1. The van der Waals surface area contributed by atoms with E-state index in [-0.39, 0.29) is 11.3 Å². The highest BCUT2D eigenvalue weighted by molar-refractivity contribution is 5.83. The molecule has 0 bridgehead atoms. The van der Waals surface area contributed by atoms with E-state index in [0.717, 1.165) is 44.7 Å². The quantitative estimate of drug-likeness (QED) is 0.768. The smallest absolute Gasteiger partial charge is 0.228 e. The van der Waals surface area contributed by atoms with Crippen LogP contribution in [0.1, 0.15) is 32.6 Å². The molecule has 4 heteroatoms. The van der Waals surface area contributed by atoms with Gasteiger partial charge in [-0.2, -0.15) is 0 Å². The summed E-state index contributed by atoms with van der Waals surface area (Å²) in [4.78, 5) is 12.4. The van der Waals surface area contributed by atoms with Crippen LogP contribution in [0.25, 0.3) is 0 Å². The molecule has 1 aliphatic heterocycles. The summed E-state index contributed by atoms with van der Waals surface area (Å²) in [6.07, 6.45) is 4.03. The first-order chi connectivity index (χ1) is 8.16. The summed E-state index contributed by atoms with van der Waals surface area (Å²) in [5, 5.41) is 6.50. The monoisotopic (exact) mass is 240 g/mol. The minimum atomic E-state index is -0.293. The lowest BCUT2D eigenvalue weighted by atomic mass is 9.76. The Morgan fingerprint density at radius 3 is 2.59 bits per heavy atom. The third-order valence-electron chi connectivity index (χ3n) is 4.17. The molecule has 0 atom stereocenters. The van der Waals surface area contributed by atoms with Gasteiger partial charge in [0.15, 0.2) is 0 Å². The van der Waals surface area contributed by atoms with Crippen LogP contribution in [0.2, 0.25) is 0 Å². The second-order valence-electron chi connectivity index (χ2n) is 5.71. The molecule has 17 heavy (non-hydrogen) atoms. The Morgan fingerprint density at radius 1 is 1.41 bits per heavy atom. The standard InChI is InChI=1S/C13H24N2O2/c1-10-7-11(8-10)15-12(16)13(9-17-2)3-5-14-6-4-13/h10-11,14H,3-9H2,1-2H3,(H,15,16). The minimum Gasteiger partial charge on any atom is -0.384 e. The first kappa shape index (κ1) is 12.8. The Labute approximate surface area is 103 Å². The third-order valence-corrected chi connectivity index (χ3v) is 4.17. The fraction of sp³-hybridized carbons (Fsp3) is 0.923. The first-order valence-electron chi connectivity index (χ1n) is 6.67. The summed E-state index contributed by atoms with van der Waals surface area (Å²) in [5.41, 5.74) is -0.293. The van der Waals surface area contributed by atoms with Gasteiger partial charge >= 0.3 is 0 Å². The van der Waals surface area contributed by atoms with E-state index in [0.29, 0.717) is 12.6 Å². The van der Waals surface area contributed by atoms with Gasteiger partial charge < -0.3 is 15.4 Å². The number of carbonyl (C=O) groups is 1. The zero-order chi connectivity index (χ0) is 12.3. The van der Waals surface area contributed by atoms with Crippen molar-refractivity contribution in [3.05, 3.63) is 0 Å². The maximum absolute atomic E-state index is 12.4. The van der Waals surface area contributed by atoms with E-state index in [1.54, 1.807) is 7.11 Å². The van der Waals surface area contributed by atoms with Gasteiger partial charge in [-0.15, -0.1) is 0 Å². The molecule has 0 aromatic heterocycles. The molecule has 1 saturated carbocycles. The van der Waals surface area contributed by atoms with E-state index in [1.165, 1.54) is 0 Å². The molecular formula is C13H24N2O2. The molecule has 2 aliphatic rings. The molecule has 1 saturated heterocycles. The SMILES string of the molecule is COCC1(C(=O)NC2CC(C)C2)CCNCC1. The molecule has 0 aromatic rings. The predicted molar refractivity (Wildman–Crippen MR) is 66.7 cm³/mol. The highest BCUT2D eigenvalue weighted by atomic mass is 16.5. The van der Waals surface area contributed by atoms with Gasteiger partial charge in [0, 0.05) is 13.2 Å². The number of nitrogens with one attached hydrogen (secondary N) is 2. The lowest BCUT2D eigenvalue weighted by Gasteiger charge is -2.40. The molecule has 98 valence electrons. The molecule has 2 N–H and O–H groups in total. The number of carbonyl (C=O) groups excluding carboxylic acids is 1. The van der Waals surface area contributed by atoms with Crippen LogP contribution < -0.4 is 10.6 Å². The Kier molecular flexibility index (Phi) is 4.05. The van der Waals surface area contributed by atoms with E-state index in [9.17, 15) is 4.79 Å². The molecular weight excluding hydrogens is 216 g/mol. The van der Waals surface area contributed by atoms with Crippen molar-refractivity contribution in [2.75, 3.05) is 26.8 Å². The number of ether oxygens (including phenoxy) is 1. The molecule has 2 fully saturated rings. The highest BCUT2D eigenvalue weighted by Gasteiger charge is 2.41. The highest BCUT2D eigenvalue weighted by Crippen LogP contribution is 2.32. The Hall–Kier alpha value is -0.610. The number of piperidine rings is 1. The van der Waals surface area contributed by atoms with Gasteiger partial charge in [-0.25, -0.2) is 0 Å². The summed E-state index contributed by atoms with van der Waals surface area (Å²) < 4.78 is 5.27. The number of methoxy groups -OCH3 is 1. The van der Waals surface area contributed by atoms with Gasteiger partial charge in [0.05, 0.1) is 12.0 Å². The van der Waals surface area contributed by atoms with Crippen LogP contribution in [-0.4, -0.2) is 38.8 Å². The maximum atomic E-state index is 12.4. The minimum absolute atomic E-state index is 0.206. The lowest BCUT2D eigenvalue weighted by molar-refractivity contribution is -0.137. The summed E-state index contributed by atoms with van der Waals surface area (Å²) in [6.45, 7) is 4.61. The number of rotatable bonds is 4. The normalized spacial score (nSPS) is 31.6.